The zero-order valence-corrected chi connectivity index (χ0v) is 14.4. The van der Waals surface area contributed by atoms with Gasteiger partial charge in [0.25, 0.3) is 5.91 Å². The molecule has 0 aliphatic rings. The maximum absolute atomic E-state index is 12.2. The Morgan fingerprint density at radius 1 is 1.24 bits per heavy atom. The lowest BCUT2D eigenvalue weighted by Gasteiger charge is -2.08. The summed E-state index contributed by atoms with van der Waals surface area (Å²) in [6.07, 6.45) is 2.17. The summed E-state index contributed by atoms with van der Waals surface area (Å²) in [5.41, 5.74) is 2.80. The van der Waals surface area contributed by atoms with Crippen LogP contribution in [0.2, 0.25) is 0 Å². The average molecular weight is 335 g/mol. The summed E-state index contributed by atoms with van der Waals surface area (Å²) in [6.45, 7) is 2.53. The Morgan fingerprint density at radius 3 is 2.76 bits per heavy atom. The van der Waals surface area contributed by atoms with Crippen LogP contribution in [0.1, 0.15) is 11.1 Å². The fourth-order valence-corrected chi connectivity index (χ4v) is 2.36. The number of carbonyl (C=O) groups excluding carboxylic acids is 1. The first-order chi connectivity index (χ1) is 12.1. The molecule has 0 unspecified atom stereocenters. The third-order valence-electron chi connectivity index (χ3n) is 3.62. The lowest BCUT2D eigenvalue weighted by molar-refractivity contribution is -0.112. The van der Waals surface area contributed by atoms with Crippen LogP contribution < -0.4 is 15.4 Å². The van der Waals surface area contributed by atoms with E-state index in [1.807, 2.05) is 55.5 Å². The third-order valence-corrected chi connectivity index (χ3v) is 3.62. The van der Waals surface area contributed by atoms with Crippen LogP contribution in [-0.4, -0.2) is 19.6 Å². The lowest BCUT2D eigenvalue weighted by atomic mass is 10.1. The van der Waals surface area contributed by atoms with Gasteiger partial charge < -0.3 is 15.4 Å². The van der Waals surface area contributed by atoms with Gasteiger partial charge >= 0.3 is 0 Å². The highest BCUT2D eigenvalue weighted by Gasteiger charge is 2.09. The largest absolute Gasteiger partial charge is 0.496 e. The highest BCUT2D eigenvalue weighted by atomic mass is 16.5. The predicted molar refractivity (Wildman–Crippen MR) is 98.2 cm³/mol. The second kappa shape index (κ2) is 9.14. The van der Waals surface area contributed by atoms with Gasteiger partial charge in [0.1, 0.15) is 17.4 Å². The van der Waals surface area contributed by atoms with Gasteiger partial charge in [-0.1, -0.05) is 30.3 Å². The van der Waals surface area contributed by atoms with Crippen molar-refractivity contribution in [1.29, 1.82) is 5.26 Å². The molecule has 0 atom stereocenters. The molecule has 0 saturated carbocycles. The van der Waals surface area contributed by atoms with Crippen molar-refractivity contribution in [3.63, 3.8) is 0 Å². The number of nitriles is 1. The summed E-state index contributed by atoms with van der Waals surface area (Å²) in [5, 5.41) is 14.9. The fourth-order valence-electron chi connectivity index (χ4n) is 2.36. The number of amides is 1. The van der Waals surface area contributed by atoms with E-state index in [0.717, 1.165) is 23.3 Å². The number of nitrogens with one attached hydrogen (secondary N) is 2. The van der Waals surface area contributed by atoms with Gasteiger partial charge in [0, 0.05) is 18.4 Å². The van der Waals surface area contributed by atoms with Crippen LogP contribution in [0, 0.1) is 18.3 Å². The molecule has 128 valence electrons. The minimum atomic E-state index is -0.433. The first-order valence-corrected chi connectivity index (χ1v) is 7.97. The first kappa shape index (κ1) is 18.1. The number of nitrogens with zero attached hydrogens (tertiary/aromatic N) is 1. The molecular weight excluding hydrogens is 314 g/mol. The van der Waals surface area contributed by atoms with Crippen molar-refractivity contribution in [3.8, 4) is 11.8 Å². The SMILES string of the molecule is COc1ccccc1CCN/C=C(/C#N)C(=O)Nc1cccc(C)c1. The normalized spacial score (nSPS) is 10.7. The minimum absolute atomic E-state index is 0.0292. The van der Waals surface area contributed by atoms with Gasteiger partial charge in [-0.3, -0.25) is 4.79 Å². The van der Waals surface area contributed by atoms with Gasteiger partial charge in [0.2, 0.25) is 0 Å². The molecule has 2 aromatic rings. The van der Waals surface area contributed by atoms with E-state index in [4.69, 9.17) is 4.74 Å². The highest BCUT2D eigenvalue weighted by molar-refractivity contribution is 6.06. The molecule has 25 heavy (non-hydrogen) atoms. The Kier molecular flexibility index (Phi) is 6.61. The molecule has 0 spiro atoms. The standard InChI is InChI=1S/C20H21N3O2/c1-15-6-5-8-18(12-15)23-20(24)17(13-21)14-22-11-10-16-7-3-4-9-19(16)25-2/h3-9,12,14,22H,10-11H2,1-2H3,(H,23,24)/b17-14-. The van der Waals surface area contributed by atoms with Gasteiger partial charge in [-0.05, 0) is 42.7 Å². The summed E-state index contributed by atoms with van der Waals surface area (Å²) >= 11 is 0. The molecule has 0 aromatic heterocycles. The Labute approximate surface area is 147 Å². The van der Waals surface area contributed by atoms with Crippen molar-refractivity contribution < 1.29 is 9.53 Å². The van der Waals surface area contributed by atoms with Crippen molar-refractivity contribution in [2.24, 2.45) is 0 Å². The van der Waals surface area contributed by atoms with Crippen LogP contribution >= 0.6 is 0 Å². The zero-order chi connectivity index (χ0) is 18.1. The second-order valence-electron chi connectivity index (χ2n) is 5.51. The van der Waals surface area contributed by atoms with Crippen molar-refractivity contribution in [1.82, 2.24) is 5.32 Å². The molecule has 0 bridgehead atoms. The number of carbonyl (C=O) groups is 1. The summed E-state index contributed by atoms with van der Waals surface area (Å²) in [7, 11) is 1.63. The molecule has 5 heteroatoms. The van der Waals surface area contributed by atoms with E-state index in [1.165, 1.54) is 6.20 Å². The smallest absolute Gasteiger partial charge is 0.267 e. The van der Waals surface area contributed by atoms with Crippen molar-refractivity contribution >= 4 is 11.6 Å². The minimum Gasteiger partial charge on any atom is -0.496 e. The quantitative estimate of drug-likeness (QED) is 0.463. The van der Waals surface area contributed by atoms with Gasteiger partial charge in [-0.15, -0.1) is 0 Å². The third kappa shape index (κ3) is 5.40. The average Bonchev–Trinajstić information content (AvgIpc) is 2.62. The molecule has 5 nitrogen and oxygen atoms in total. The van der Waals surface area contributed by atoms with Crippen LogP contribution in [0.3, 0.4) is 0 Å². The zero-order valence-electron chi connectivity index (χ0n) is 14.4. The first-order valence-electron chi connectivity index (χ1n) is 7.97. The molecule has 2 rings (SSSR count). The Morgan fingerprint density at radius 2 is 2.04 bits per heavy atom. The van der Waals surface area contributed by atoms with Crippen LogP contribution in [-0.2, 0) is 11.2 Å². The number of rotatable bonds is 7. The predicted octanol–water partition coefficient (Wildman–Crippen LogP) is 3.18. The summed E-state index contributed by atoms with van der Waals surface area (Å²) in [5.74, 6) is 0.392. The number of benzene rings is 2. The Hall–Kier alpha value is -3.26. The van der Waals surface area contributed by atoms with Crippen molar-refractivity contribution in [3.05, 3.63) is 71.4 Å². The van der Waals surface area contributed by atoms with E-state index < -0.39 is 5.91 Å². The maximum atomic E-state index is 12.2. The molecule has 0 saturated heterocycles. The fraction of sp³-hybridized carbons (Fsp3) is 0.200. The van der Waals surface area contributed by atoms with E-state index in [-0.39, 0.29) is 5.57 Å². The Balaban J connectivity index is 1.91. The van der Waals surface area contributed by atoms with E-state index in [1.54, 1.807) is 13.2 Å². The number of hydrogen-bond acceptors (Lipinski definition) is 4. The van der Waals surface area contributed by atoms with Crippen LogP contribution in [0.5, 0.6) is 5.75 Å². The molecule has 0 aliphatic heterocycles. The maximum Gasteiger partial charge on any atom is 0.267 e. The molecule has 2 aromatic carbocycles. The van der Waals surface area contributed by atoms with Gasteiger partial charge in [-0.25, -0.2) is 0 Å². The number of methoxy groups -OCH3 is 1. The number of ether oxygens (including phenoxy) is 1. The molecule has 0 radical (unpaired) electrons. The van der Waals surface area contributed by atoms with Crippen LogP contribution in [0.4, 0.5) is 5.69 Å². The summed E-state index contributed by atoms with van der Waals surface area (Å²) in [4.78, 5) is 12.2. The van der Waals surface area contributed by atoms with Crippen molar-refractivity contribution in [2.45, 2.75) is 13.3 Å². The van der Waals surface area contributed by atoms with Crippen LogP contribution in [0.25, 0.3) is 0 Å². The number of aryl methyl sites for hydroxylation is 1. The molecule has 0 fully saturated rings. The second-order valence-corrected chi connectivity index (χ2v) is 5.51. The molecule has 0 aliphatic carbocycles. The van der Waals surface area contributed by atoms with E-state index in [9.17, 15) is 10.1 Å². The lowest BCUT2D eigenvalue weighted by Crippen LogP contribution is -2.18. The summed E-state index contributed by atoms with van der Waals surface area (Å²) < 4.78 is 5.30. The Bertz CT molecular complexity index is 807. The molecular formula is C20H21N3O2. The molecule has 0 heterocycles. The number of para-hydroxylation sites is 1. The van der Waals surface area contributed by atoms with E-state index >= 15 is 0 Å². The van der Waals surface area contributed by atoms with Crippen LogP contribution in [0.15, 0.2) is 60.3 Å². The molecule has 1 amide bonds. The monoisotopic (exact) mass is 335 g/mol. The van der Waals surface area contributed by atoms with Gasteiger partial charge in [-0.2, -0.15) is 5.26 Å². The number of hydrogen-bond donors (Lipinski definition) is 2. The van der Waals surface area contributed by atoms with Crippen molar-refractivity contribution in [2.75, 3.05) is 19.0 Å². The summed E-state index contributed by atoms with van der Waals surface area (Å²) in [6, 6.07) is 17.1. The van der Waals surface area contributed by atoms with Gasteiger partial charge in [0.05, 0.1) is 7.11 Å². The number of anilines is 1. The van der Waals surface area contributed by atoms with Gasteiger partial charge in [0.15, 0.2) is 0 Å². The molecule has 2 N–H and O–H groups in total. The van der Waals surface area contributed by atoms with E-state index in [2.05, 4.69) is 10.6 Å². The van der Waals surface area contributed by atoms with E-state index in [0.29, 0.717) is 12.2 Å². The topological polar surface area (TPSA) is 74.1 Å². The highest BCUT2D eigenvalue weighted by Crippen LogP contribution is 2.17.